The third-order valence-corrected chi connectivity index (χ3v) is 4.79. The molecule has 27 heavy (non-hydrogen) atoms. The van der Waals surface area contributed by atoms with Crippen molar-refractivity contribution in [1.29, 1.82) is 0 Å². The van der Waals surface area contributed by atoms with E-state index in [1.807, 2.05) is 13.8 Å². The zero-order valence-electron chi connectivity index (χ0n) is 15.5. The molecule has 0 aliphatic heterocycles. The molecule has 2 rings (SSSR count). The van der Waals surface area contributed by atoms with Crippen LogP contribution in [0.25, 0.3) is 0 Å². The first kappa shape index (κ1) is 20.4. The molecule has 0 saturated carbocycles. The highest BCUT2D eigenvalue weighted by atomic mass is 32.1. The fourth-order valence-electron chi connectivity index (χ4n) is 2.51. The minimum atomic E-state index is -0.816. The average Bonchev–Trinajstić information content (AvgIpc) is 3.11. The van der Waals surface area contributed by atoms with Crippen LogP contribution in [0, 0.1) is 13.8 Å². The lowest BCUT2D eigenvalue weighted by Gasteiger charge is -2.08. The summed E-state index contributed by atoms with van der Waals surface area (Å²) in [5.74, 6) is -2.09. The normalized spacial score (nSPS) is 10.5. The number of carbonyl (C=O) groups excluding carboxylic acids is 3. The van der Waals surface area contributed by atoms with E-state index in [-0.39, 0.29) is 23.7 Å². The second-order valence-electron chi connectivity index (χ2n) is 5.55. The van der Waals surface area contributed by atoms with Gasteiger partial charge in [0.2, 0.25) is 5.88 Å². The molecule has 0 fully saturated rings. The number of amides is 1. The Hall–Kier alpha value is -2.88. The molecule has 2 heterocycles. The lowest BCUT2D eigenvalue weighted by molar-refractivity contribution is -0.119. The van der Waals surface area contributed by atoms with Crippen molar-refractivity contribution >= 4 is 40.1 Å². The molecule has 146 valence electrons. The predicted molar refractivity (Wildman–Crippen MR) is 99.0 cm³/mol. The Kier molecular flexibility index (Phi) is 6.56. The number of carbonyl (C=O) groups is 3. The molecule has 0 unspecified atom stereocenters. The zero-order valence-corrected chi connectivity index (χ0v) is 16.3. The summed E-state index contributed by atoms with van der Waals surface area (Å²) in [6.07, 6.45) is 0.618. The summed E-state index contributed by atoms with van der Waals surface area (Å²) in [5, 5.41) is 6.52. The summed E-state index contributed by atoms with van der Waals surface area (Å²) < 4.78 is 14.7. The molecule has 0 spiro atoms. The van der Waals surface area contributed by atoms with Gasteiger partial charge in [0.05, 0.1) is 17.9 Å². The summed E-state index contributed by atoms with van der Waals surface area (Å²) in [4.78, 5) is 37.4. The van der Waals surface area contributed by atoms with Crippen LogP contribution in [0.4, 0.5) is 10.9 Å². The van der Waals surface area contributed by atoms with E-state index < -0.39 is 24.5 Å². The second-order valence-corrected chi connectivity index (χ2v) is 6.77. The van der Waals surface area contributed by atoms with Crippen molar-refractivity contribution < 1.29 is 28.4 Å². The van der Waals surface area contributed by atoms with E-state index in [9.17, 15) is 14.4 Å². The van der Waals surface area contributed by atoms with Crippen molar-refractivity contribution in [2.45, 2.75) is 34.1 Å². The fourth-order valence-corrected chi connectivity index (χ4v) is 3.66. The quantitative estimate of drug-likeness (QED) is 0.683. The minimum absolute atomic E-state index is 0.0183. The van der Waals surface area contributed by atoms with E-state index in [2.05, 4.69) is 15.0 Å². The molecule has 0 aromatic carbocycles. The highest BCUT2D eigenvalue weighted by Crippen LogP contribution is 2.34. The Morgan fingerprint density at radius 2 is 1.81 bits per heavy atom. The molecule has 1 amide bonds. The number of aryl methyl sites for hydroxylation is 2. The Morgan fingerprint density at radius 1 is 1.15 bits per heavy atom. The van der Waals surface area contributed by atoms with E-state index in [4.69, 9.17) is 15.2 Å². The van der Waals surface area contributed by atoms with Crippen LogP contribution in [0.3, 0.4) is 0 Å². The third-order valence-electron chi connectivity index (χ3n) is 3.72. The lowest BCUT2D eigenvalue weighted by atomic mass is 10.1. The number of ether oxygens (including phenoxy) is 2. The molecule has 0 bridgehead atoms. The van der Waals surface area contributed by atoms with Crippen molar-refractivity contribution in [3.8, 4) is 0 Å². The number of hydrogen-bond acceptors (Lipinski definition) is 9. The van der Waals surface area contributed by atoms with Gasteiger partial charge in [-0.2, -0.15) is 0 Å². The van der Waals surface area contributed by atoms with Crippen LogP contribution in [-0.4, -0.2) is 36.2 Å². The smallest absolute Gasteiger partial charge is 0.346 e. The van der Waals surface area contributed by atoms with Crippen LogP contribution in [0.1, 0.15) is 50.7 Å². The number of esters is 2. The van der Waals surface area contributed by atoms with Gasteiger partial charge in [-0.15, -0.1) is 11.3 Å². The van der Waals surface area contributed by atoms with Gasteiger partial charge in [0, 0.05) is 4.88 Å². The molecule has 2 aromatic rings. The number of rotatable bonds is 7. The van der Waals surface area contributed by atoms with Crippen molar-refractivity contribution in [1.82, 2.24) is 5.16 Å². The number of thiophene rings is 1. The maximum atomic E-state index is 12.3. The number of nitrogens with zero attached hydrogens (tertiary/aromatic N) is 1. The van der Waals surface area contributed by atoms with Crippen molar-refractivity contribution in [3.05, 3.63) is 27.3 Å². The van der Waals surface area contributed by atoms with E-state index in [1.165, 1.54) is 18.3 Å². The van der Waals surface area contributed by atoms with E-state index in [0.29, 0.717) is 17.0 Å². The molecular formula is C17H21N3O6S. The number of nitrogens with one attached hydrogen (secondary N) is 1. The molecule has 2 aromatic heterocycles. The zero-order chi connectivity index (χ0) is 20.1. The first-order valence-electron chi connectivity index (χ1n) is 8.28. The topological polar surface area (TPSA) is 134 Å². The largest absolute Gasteiger partial charge is 0.462 e. The summed E-state index contributed by atoms with van der Waals surface area (Å²) in [5.41, 5.74) is 6.91. The van der Waals surface area contributed by atoms with Gasteiger partial charge in [-0.1, -0.05) is 12.1 Å². The van der Waals surface area contributed by atoms with Gasteiger partial charge in [-0.05, 0) is 32.8 Å². The van der Waals surface area contributed by atoms with E-state index in [1.54, 1.807) is 6.92 Å². The molecular weight excluding hydrogens is 374 g/mol. The monoisotopic (exact) mass is 395 g/mol. The molecule has 9 nitrogen and oxygen atoms in total. The van der Waals surface area contributed by atoms with Crippen LogP contribution >= 0.6 is 11.3 Å². The highest BCUT2D eigenvalue weighted by molar-refractivity contribution is 7.16. The first-order valence-corrected chi connectivity index (χ1v) is 9.09. The molecule has 0 aliphatic rings. The highest BCUT2D eigenvalue weighted by Gasteiger charge is 2.25. The molecule has 0 saturated heterocycles. The fraction of sp³-hybridized carbons (Fsp3) is 0.412. The Morgan fingerprint density at radius 3 is 2.37 bits per heavy atom. The lowest BCUT2D eigenvalue weighted by Crippen LogP contribution is -2.22. The Balaban J connectivity index is 2.09. The first-order chi connectivity index (χ1) is 12.8. The van der Waals surface area contributed by atoms with Gasteiger partial charge in [0.25, 0.3) is 5.91 Å². The van der Waals surface area contributed by atoms with Gasteiger partial charge in [-0.3, -0.25) is 4.79 Å². The molecule has 10 heteroatoms. The summed E-state index contributed by atoms with van der Waals surface area (Å²) >= 11 is 1.27. The molecule has 0 radical (unpaired) electrons. The second kappa shape index (κ2) is 8.67. The summed E-state index contributed by atoms with van der Waals surface area (Å²) in [7, 11) is 0. The standard InChI is InChI=1S/C17H21N3O6S/c1-5-10-9(4)27-15(13(10)17(23)24-6-2)19-11(21)7-25-16(22)12-8(3)20-26-14(12)18/h5-7,18H2,1-4H3,(H,19,21). The van der Waals surface area contributed by atoms with Gasteiger partial charge < -0.3 is 25.0 Å². The van der Waals surface area contributed by atoms with Crippen molar-refractivity contribution in [2.75, 3.05) is 24.3 Å². The summed E-state index contributed by atoms with van der Waals surface area (Å²) in [6.45, 7) is 6.68. The Bertz CT molecular complexity index is 851. The van der Waals surface area contributed by atoms with Gasteiger partial charge in [-0.25, -0.2) is 9.59 Å². The maximum Gasteiger partial charge on any atom is 0.346 e. The predicted octanol–water partition coefficient (Wildman–Crippen LogP) is 2.47. The summed E-state index contributed by atoms with van der Waals surface area (Å²) in [6, 6.07) is 0. The van der Waals surface area contributed by atoms with Gasteiger partial charge in [0.1, 0.15) is 10.6 Å². The van der Waals surface area contributed by atoms with Crippen molar-refractivity contribution in [3.63, 3.8) is 0 Å². The molecule has 3 N–H and O–H groups in total. The number of nitrogens with two attached hydrogens (primary N) is 1. The Labute approximate surface area is 159 Å². The molecule has 0 atom stereocenters. The minimum Gasteiger partial charge on any atom is -0.462 e. The average molecular weight is 395 g/mol. The van der Waals surface area contributed by atoms with Gasteiger partial charge in [0.15, 0.2) is 6.61 Å². The van der Waals surface area contributed by atoms with Crippen LogP contribution in [0.5, 0.6) is 0 Å². The van der Waals surface area contributed by atoms with Crippen LogP contribution < -0.4 is 11.1 Å². The third kappa shape index (κ3) is 4.45. The molecule has 0 aliphatic carbocycles. The maximum absolute atomic E-state index is 12.3. The van der Waals surface area contributed by atoms with Gasteiger partial charge >= 0.3 is 11.9 Å². The van der Waals surface area contributed by atoms with E-state index in [0.717, 1.165) is 10.4 Å². The number of aromatic nitrogens is 1. The van der Waals surface area contributed by atoms with Crippen LogP contribution in [0.2, 0.25) is 0 Å². The number of anilines is 2. The van der Waals surface area contributed by atoms with Crippen LogP contribution in [0.15, 0.2) is 4.52 Å². The van der Waals surface area contributed by atoms with E-state index >= 15 is 0 Å². The SMILES string of the molecule is CCOC(=O)c1c(NC(=O)COC(=O)c2c(C)noc2N)sc(C)c1CC. The van der Waals surface area contributed by atoms with Crippen LogP contribution in [-0.2, 0) is 20.7 Å². The van der Waals surface area contributed by atoms with Crippen molar-refractivity contribution in [2.24, 2.45) is 0 Å². The number of hydrogen-bond donors (Lipinski definition) is 2. The number of nitrogen functional groups attached to an aromatic ring is 1.